The molecular formula is C15H20N2O2. The van der Waals surface area contributed by atoms with Crippen molar-refractivity contribution in [2.45, 2.75) is 38.8 Å². The Balaban J connectivity index is 2.47. The zero-order valence-corrected chi connectivity index (χ0v) is 11.6. The van der Waals surface area contributed by atoms with Crippen LogP contribution < -0.4 is 5.32 Å². The van der Waals surface area contributed by atoms with Crippen LogP contribution in [0, 0.1) is 0 Å². The highest BCUT2D eigenvalue weighted by Crippen LogP contribution is 2.27. The smallest absolute Gasteiger partial charge is 0.252 e. The molecule has 0 aliphatic carbocycles. The zero-order chi connectivity index (χ0) is 14.0. The van der Waals surface area contributed by atoms with Crippen molar-refractivity contribution in [3.05, 3.63) is 35.9 Å². The third-order valence-electron chi connectivity index (χ3n) is 3.78. The lowest BCUT2D eigenvalue weighted by atomic mass is 9.90. The first-order chi connectivity index (χ1) is 8.99. The molecule has 1 N–H and O–H groups in total. The summed E-state index contributed by atoms with van der Waals surface area (Å²) in [6.45, 7) is 6.24. The van der Waals surface area contributed by atoms with Gasteiger partial charge in [-0.05, 0) is 26.3 Å². The molecule has 1 saturated heterocycles. The highest BCUT2D eigenvalue weighted by molar-refractivity contribution is 5.94. The Labute approximate surface area is 113 Å². The van der Waals surface area contributed by atoms with Gasteiger partial charge in [0.1, 0.15) is 5.54 Å². The molecule has 1 aromatic carbocycles. The van der Waals surface area contributed by atoms with E-state index in [9.17, 15) is 9.59 Å². The second-order valence-electron chi connectivity index (χ2n) is 5.18. The second-order valence-corrected chi connectivity index (χ2v) is 5.18. The third-order valence-corrected chi connectivity index (χ3v) is 3.78. The number of rotatable bonds is 2. The van der Waals surface area contributed by atoms with Gasteiger partial charge in [-0.25, -0.2) is 0 Å². The van der Waals surface area contributed by atoms with Crippen LogP contribution >= 0.6 is 0 Å². The molecule has 19 heavy (non-hydrogen) atoms. The van der Waals surface area contributed by atoms with Gasteiger partial charge in [0.05, 0.1) is 0 Å². The summed E-state index contributed by atoms with van der Waals surface area (Å²) in [5.74, 6) is -0.122. The van der Waals surface area contributed by atoms with Crippen molar-refractivity contribution in [2.24, 2.45) is 0 Å². The monoisotopic (exact) mass is 260 g/mol. The number of carbonyl (C=O) groups excluding carboxylic acids is 2. The first-order valence-electron chi connectivity index (χ1n) is 6.66. The van der Waals surface area contributed by atoms with E-state index in [2.05, 4.69) is 5.32 Å². The molecule has 1 heterocycles. The predicted octanol–water partition coefficient (Wildman–Crippen LogP) is 1.66. The van der Waals surface area contributed by atoms with Crippen molar-refractivity contribution in [3.8, 4) is 0 Å². The largest absolute Gasteiger partial charge is 0.338 e. The molecule has 2 rings (SSSR count). The van der Waals surface area contributed by atoms with Crippen molar-refractivity contribution in [2.75, 3.05) is 6.54 Å². The van der Waals surface area contributed by atoms with Gasteiger partial charge >= 0.3 is 0 Å². The number of hydrogen-bond donors (Lipinski definition) is 1. The van der Waals surface area contributed by atoms with E-state index >= 15 is 0 Å². The number of nitrogens with one attached hydrogen (secondary N) is 1. The summed E-state index contributed by atoms with van der Waals surface area (Å²) < 4.78 is 0. The van der Waals surface area contributed by atoms with Crippen molar-refractivity contribution in [1.82, 2.24) is 10.2 Å². The molecule has 2 atom stereocenters. The van der Waals surface area contributed by atoms with E-state index in [-0.39, 0.29) is 17.9 Å². The van der Waals surface area contributed by atoms with Crippen LogP contribution in [0.1, 0.15) is 32.8 Å². The van der Waals surface area contributed by atoms with Gasteiger partial charge in [0, 0.05) is 19.0 Å². The molecule has 2 amide bonds. The molecule has 0 saturated carbocycles. The molecule has 1 aromatic rings. The number of likely N-dealkylation sites (N-methyl/N-ethyl adjacent to an activating group) is 1. The average molecular weight is 260 g/mol. The Bertz CT molecular complexity index is 486. The van der Waals surface area contributed by atoms with E-state index in [0.29, 0.717) is 13.0 Å². The highest BCUT2D eigenvalue weighted by atomic mass is 16.2. The summed E-state index contributed by atoms with van der Waals surface area (Å²) in [5, 5.41) is 2.89. The summed E-state index contributed by atoms with van der Waals surface area (Å²) >= 11 is 0. The lowest BCUT2D eigenvalue weighted by Crippen LogP contribution is -2.53. The maximum Gasteiger partial charge on any atom is 0.252 e. The molecule has 0 aromatic heterocycles. The minimum atomic E-state index is -0.973. The van der Waals surface area contributed by atoms with Crippen molar-refractivity contribution < 1.29 is 9.59 Å². The van der Waals surface area contributed by atoms with Gasteiger partial charge in [-0.3, -0.25) is 9.59 Å². The average Bonchev–Trinajstić information content (AvgIpc) is 2.47. The van der Waals surface area contributed by atoms with Crippen LogP contribution in [0.4, 0.5) is 0 Å². The Morgan fingerprint density at radius 2 is 1.95 bits per heavy atom. The standard InChI is InChI=1S/C15H20N2O2/c1-4-17-11(2)10-13(18)16-15(3,14(17)19)12-8-6-5-7-9-12/h5-9,11H,4,10H2,1-3H3,(H,16,18). The molecule has 4 nitrogen and oxygen atoms in total. The quantitative estimate of drug-likeness (QED) is 0.879. The van der Waals surface area contributed by atoms with Crippen LogP contribution in [0.2, 0.25) is 0 Å². The molecule has 4 heteroatoms. The van der Waals surface area contributed by atoms with E-state index in [4.69, 9.17) is 0 Å². The van der Waals surface area contributed by atoms with Gasteiger partial charge in [-0.2, -0.15) is 0 Å². The summed E-state index contributed by atoms with van der Waals surface area (Å²) in [5.41, 5.74) is -0.153. The van der Waals surface area contributed by atoms with E-state index < -0.39 is 5.54 Å². The summed E-state index contributed by atoms with van der Waals surface area (Å²) in [6, 6.07) is 9.35. The lowest BCUT2D eigenvalue weighted by molar-refractivity contribution is -0.139. The first kappa shape index (κ1) is 13.6. The van der Waals surface area contributed by atoms with E-state index in [0.717, 1.165) is 5.56 Å². The molecule has 1 fully saturated rings. The van der Waals surface area contributed by atoms with Crippen LogP contribution in [0.15, 0.2) is 30.3 Å². The second kappa shape index (κ2) is 5.03. The number of benzene rings is 1. The molecule has 0 spiro atoms. The van der Waals surface area contributed by atoms with Crippen molar-refractivity contribution >= 4 is 11.8 Å². The van der Waals surface area contributed by atoms with E-state index in [1.807, 2.05) is 44.2 Å². The summed E-state index contributed by atoms with van der Waals surface area (Å²) in [7, 11) is 0. The fraction of sp³-hybridized carbons (Fsp3) is 0.467. The molecular weight excluding hydrogens is 240 g/mol. The van der Waals surface area contributed by atoms with Crippen LogP contribution in [0.5, 0.6) is 0 Å². The maximum absolute atomic E-state index is 12.8. The zero-order valence-electron chi connectivity index (χ0n) is 11.6. The van der Waals surface area contributed by atoms with Gasteiger partial charge in [-0.15, -0.1) is 0 Å². The summed E-state index contributed by atoms with van der Waals surface area (Å²) in [6.07, 6.45) is 0.349. The molecule has 1 aliphatic rings. The fourth-order valence-electron chi connectivity index (χ4n) is 2.67. The molecule has 102 valence electrons. The normalized spacial score (nSPS) is 27.9. The van der Waals surface area contributed by atoms with Gasteiger partial charge < -0.3 is 10.2 Å². The van der Waals surface area contributed by atoms with Crippen molar-refractivity contribution in [3.63, 3.8) is 0 Å². The number of hydrogen-bond acceptors (Lipinski definition) is 2. The molecule has 0 bridgehead atoms. The summed E-state index contributed by atoms with van der Waals surface area (Å²) in [4.78, 5) is 26.5. The molecule has 2 unspecified atom stereocenters. The Hall–Kier alpha value is -1.84. The van der Waals surface area contributed by atoms with E-state index in [1.54, 1.807) is 11.8 Å². The van der Waals surface area contributed by atoms with Crippen LogP contribution in [-0.4, -0.2) is 29.3 Å². The number of nitrogens with zero attached hydrogens (tertiary/aromatic N) is 1. The number of amides is 2. The van der Waals surface area contributed by atoms with Crippen LogP contribution in [0.25, 0.3) is 0 Å². The third kappa shape index (κ3) is 2.35. The van der Waals surface area contributed by atoms with Gasteiger partial charge in [0.2, 0.25) is 5.91 Å². The van der Waals surface area contributed by atoms with Crippen molar-refractivity contribution in [1.29, 1.82) is 0 Å². The minimum absolute atomic E-state index is 0.0421. The predicted molar refractivity (Wildman–Crippen MR) is 73.4 cm³/mol. The first-order valence-corrected chi connectivity index (χ1v) is 6.66. The Kier molecular flexibility index (Phi) is 3.60. The Morgan fingerprint density at radius 1 is 1.32 bits per heavy atom. The van der Waals surface area contributed by atoms with Gasteiger partial charge in [0.25, 0.3) is 5.91 Å². The number of carbonyl (C=O) groups is 2. The Morgan fingerprint density at radius 3 is 2.53 bits per heavy atom. The van der Waals surface area contributed by atoms with Crippen LogP contribution in [-0.2, 0) is 15.1 Å². The highest BCUT2D eigenvalue weighted by Gasteiger charge is 2.43. The fourth-order valence-corrected chi connectivity index (χ4v) is 2.67. The van der Waals surface area contributed by atoms with Gasteiger partial charge in [0.15, 0.2) is 0 Å². The SMILES string of the molecule is CCN1C(=O)C(C)(c2ccccc2)NC(=O)CC1C. The topological polar surface area (TPSA) is 49.4 Å². The molecule has 1 aliphatic heterocycles. The van der Waals surface area contributed by atoms with E-state index in [1.165, 1.54) is 0 Å². The molecule has 0 radical (unpaired) electrons. The minimum Gasteiger partial charge on any atom is -0.338 e. The van der Waals surface area contributed by atoms with Crippen LogP contribution in [0.3, 0.4) is 0 Å². The lowest BCUT2D eigenvalue weighted by Gasteiger charge is -2.34. The maximum atomic E-state index is 12.8. The van der Waals surface area contributed by atoms with Gasteiger partial charge in [-0.1, -0.05) is 30.3 Å².